The Labute approximate surface area is 378 Å². The predicted molar refractivity (Wildman–Crippen MR) is 270 cm³/mol. The third-order valence-electron chi connectivity index (χ3n) is 13.4. The molecule has 11 aromatic carbocycles. The van der Waals surface area contributed by atoms with E-state index in [4.69, 9.17) is 0 Å². The van der Waals surface area contributed by atoms with Crippen LogP contribution in [0.25, 0.3) is 108 Å². The first kappa shape index (κ1) is 38.8. The van der Waals surface area contributed by atoms with Crippen LogP contribution in [0.5, 0.6) is 0 Å². The smallest absolute Gasteiger partial charge is 0.255 e. The number of fused-ring (bicyclic) bond motifs is 17. The van der Waals surface area contributed by atoms with E-state index in [0.29, 0.717) is 32.7 Å². The maximum Gasteiger partial charge on any atom is 0.255 e. The van der Waals surface area contributed by atoms with Gasteiger partial charge in [-0.05, 0) is 48.5 Å². The van der Waals surface area contributed by atoms with Crippen LogP contribution in [0.3, 0.4) is 0 Å². The number of carbonyl (C=O) groups is 2. The van der Waals surface area contributed by atoms with Crippen molar-refractivity contribution >= 4 is 131 Å². The number of nitrogens with one attached hydrogen (secondary N) is 4. The van der Waals surface area contributed by atoms with E-state index < -0.39 is 44.4 Å². The van der Waals surface area contributed by atoms with Crippen molar-refractivity contribution in [2.24, 2.45) is 0 Å². The molecule has 0 saturated heterocycles. The Hall–Kier alpha value is -9.68. The maximum atomic E-state index is 15.0. The number of H-pyrrole nitrogens is 2. The fraction of sp³-hybridized carbons (Fsp3) is 0. The quantitative estimate of drug-likeness (QED) is 0.126. The van der Waals surface area contributed by atoms with Crippen LogP contribution in [0, 0.1) is 0 Å². The molecule has 0 saturated carbocycles. The van der Waals surface area contributed by atoms with Gasteiger partial charge in [-0.15, -0.1) is 0 Å². The van der Waals surface area contributed by atoms with E-state index in [1.807, 2.05) is 0 Å². The van der Waals surface area contributed by atoms with Gasteiger partial charge in [0.15, 0.2) is 32.6 Å². The first-order valence-corrected chi connectivity index (χ1v) is 21.6. The van der Waals surface area contributed by atoms with Crippen molar-refractivity contribution in [1.82, 2.24) is 9.97 Å². The van der Waals surface area contributed by atoms with Gasteiger partial charge in [-0.25, -0.2) is 0 Å². The normalized spacial score (nSPS) is 12.0. The van der Waals surface area contributed by atoms with Gasteiger partial charge in [0, 0.05) is 65.0 Å². The zero-order valence-electron chi connectivity index (χ0n) is 35.1. The average molecular weight is 885 g/mol. The second-order valence-corrected chi connectivity index (χ2v) is 16.9. The molecule has 68 heavy (non-hydrogen) atoms. The highest BCUT2D eigenvalue weighted by molar-refractivity contribution is 6.40. The highest BCUT2D eigenvalue weighted by Gasteiger charge is 2.27. The zero-order valence-corrected chi connectivity index (χ0v) is 35.1. The molecule has 13 aromatic rings. The van der Waals surface area contributed by atoms with Gasteiger partial charge >= 0.3 is 0 Å². The third kappa shape index (κ3) is 5.13. The van der Waals surface area contributed by atoms with Crippen LogP contribution in [0.2, 0.25) is 0 Å². The van der Waals surface area contributed by atoms with Crippen molar-refractivity contribution in [3.63, 3.8) is 0 Å². The SMILES string of the molecule is O=C(Nc1cccc2c(=O)c3ccc4c([nH]c5c6c(=O)c7ccccc7c(=O)c6c6[nH]c7c(ccc8c(=O)c9cccc(NC(=O)c%10ccccc%10)c9c(=O)c87)c6c45)c3c(=O)c12)c1ccccc1. The zero-order chi connectivity index (χ0) is 46.3. The summed E-state index contributed by atoms with van der Waals surface area (Å²) >= 11 is 0. The highest BCUT2D eigenvalue weighted by atomic mass is 16.2. The lowest BCUT2D eigenvalue weighted by molar-refractivity contribution is 0.101. The lowest BCUT2D eigenvalue weighted by atomic mass is 9.94. The Balaban J connectivity index is 1.18. The van der Waals surface area contributed by atoms with Crippen LogP contribution in [-0.4, -0.2) is 21.8 Å². The van der Waals surface area contributed by atoms with Crippen molar-refractivity contribution in [2.45, 2.75) is 0 Å². The molecule has 0 aliphatic carbocycles. The molecule has 2 heterocycles. The Morgan fingerprint density at radius 3 is 1.04 bits per heavy atom. The van der Waals surface area contributed by atoms with Crippen molar-refractivity contribution in [3.05, 3.63) is 218 Å². The molecule has 4 N–H and O–H groups in total. The molecule has 0 atom stereocenters. The standard InChI is InChI=1S/C56H28N4O8/c61-49-31-17-9-19-35(57-55(67)25-11-3-1-4-12-25)37(31)53(65)41-33(49)23-21-29-39-40-30-22-24-34-42(54(66)38-32(50(34)62)18-10-20-36(38)58-56(68)26-13-5-2-6-14-26)46(30)60-48(40)44-43(47(39)59-45(29)41)51(63)27-15-7-8-16-28(27)52(44)64/h1-24,59-60H,(H,57,67)(H,58,68). The van der Waals surface area contributed by atoms with E-state index >= 15 is 9.59 Å². The summed E-state index contributed by atoms with van der Waals surface area (Å²) in [5, 5.41) is 8.12. The average Bonchev–Trinajstić information content (AvgIpc) is 3.95. The maximum absolute atomic E-state index is 15.0. The van der Waals surface area contributed by atoms with E-state index in [9.17, 15) is 28.8 Å². The van der Waals surface area contributed by atoms with E-state index in [-0.39, 0.29) is 98.1 Å². The van der Waals surface area contributed by atoms with Crippen LogP contribution in [-0.2, 0) is 0 Å². The van der Waals surface area contributed by atoms with Gasteiger partial charge in [0.2, 0.25) is 0 Å². The molecule has 2 amide bonds. The van der Waals surface area contributed by atoms with Gasteiger partial charge in [0.1, 0.15) is 0 Å². The molecule has 0 fully saturated rings. The van der Waals surface area contributed by atoms with Crippen LogP contribution < -0.4 is 43.2 Å². The molecule has 2 aromatic heterocycles. The number of hydrogen-bond donors (Lipinski definition) is 4. The van der Waals surface area contributed by atoms with Crippen LogP contribution >= 0.6 is 0 Å². The van der Waals surface area contributed by atoms with Crippen LogP contribution in [0.1, 0.15) is 20.7 Å². The number of aromatic amines is 2. The molecule has 0 bridgehead atoms. The molecule has 13 rings (SSSR count). The molecule has 320 valence electrons. The summed E-state index contributed by atoms with van der Waals surface area (Å²) in [6, 6.07) is 39.2. The van der Waals surface area contributed by atoms with E-state index in [0.717, 1.165) is 0 Å². The molecule has 12 nitrogen and oxygen atoms in total. The Morgan fingerprint density at radius 1 is 0.279 bits per heavy atom. The molecule has 12 heteroatoms. The number of rotatable bonds is 4. The topological polar surface area (TPSA) is 192 Å². The van der Waals surface area contributed by atoms with Gasteiger partial charge in [0.05, 0.1) is 65.8 Å². The van der Waals surface area contributed by atoms with E-state index in [2.05, 4.69) is 20.6 Å². The second kappa shape index (κ2) is 13.9. The molecule has 0 spiro atoms. The fourth-order valence-electron chi connectivity index (χ4n) is 10.4. The van der Waals surface area contributed by atoms with E-state index in [1.165, 1.54) is 12.1 Å². The summed E-state index contributed by atoms with van der Waals surface area (Å²) < 4.78 is 0. The molecular weight excluding hydrogens is 857 g/mol. The summed E-state index contributed by atoms with van der Waals surface area (Å²) in [6.45, 7) is 0. The summed E-state index contributed by atoms with van der Waals surface area (Å²) in [5.74, 6) is -0.964. The van der Waals surface area contributed by atoms with Gasteiger partial charge in [-0.1, -0.05) is 97.1 Å². The largest absolute Gasteiger partial charge is 0.353 e. The lowest BCUT2D eigenvalue weighted by Crippen LogP contribution is -2.18. The Morgan fingerprint density at radius 2 is 0.632 bits per heavy atom. The molecule has 0 aliphatic heterocycles. The Kier molecular flexibility index (Phi) is 7.93. The first-order chi connectivity index (χ1) is 33.1. The summed E-state index contributed by atoms with van der Waals surface area (Å²) in [5.41, 5.74) is -1.14. The minimum absolute atomic E-state index is 0.00527. The molecule has 0 aliphatic rings. The second-order valence-electron chi connectivity index (χ2n) is 16.9. The number of amides is 2. The van der Waals surface area contributed by atoms with Gasteiger partial charge in [0.25, 0.3) is 11.8 Å². The fourth-order valence-corrected chi connectivity index (χ4v) is 10.4. The lowest BCUT2D eigenvalue weighted by Gasteiger charge is -2.10. The van der Waals surface area contributed by atoms with Crippen LogP contribution in [0.15, 0.2) is 174 Å². The van der Waals surface area contributed by atoms with Crippen molar-refractivity contribution in [2.75, 3.05) is 10.6 Å². The minimum Gasteiger partial charge on any atom is -0.353 e. The summed E-state index contributed by atoms with van der Waals surface area (Å²) in [6.07, 6.45) is 0. The predicted octanol–water partition coefficient (Wildman–Crippen LogP) is 8.85. The van der Waals surface area contributed by atoms with Crippen molar-refractivity contribution in [1.29, 1.82) is 0 Å². The van der Waals surface area contributed by atoms with E-state index in [1.54, 1.807) is 133 Å². The van der Waals surface area contributed by atoms with Gasteiger partial charge < -0.3 is 20.6 Å². The van der Waals surface area contributed by atoms with Gasteiger partial charge in [-0.3, -0.25) is 38.4 Å². The highest BCUT2D eigenvalue weighted by Crippen LogP contribution is 2.43. The number of carbonyl (C=O) groups excluding carboxylic acids is 2. The third-order valence-corrected chi connectivity index (χ3v) is 13.4. The van der Waals surface area contributed by atoms with Gasteiger partial charge in [-0.2, -0.15) is 0 Å². The Bertz CT molecular complexity index is 4540. The number of hydrogen-bond acceptors (Lipinski definition) is 8. The summed E-state index contributed by atoms with van der Waals surface area (Å²) in [4.78, 5) is 122. The van der Waals surface area contributed by atoms with Crippen molar-refractivity contribution < 1.29 is 9.59 Å². The van der Waals surface area contributed by atoms with Crippen LogP contribution in [0.4, 0.5) is 11.4 Å². The van der Waals surface area contributed by atoms with Crippen molar-refractivity contribution in [3.8, 4) is 0 Å². The monoisotopic (exact) mass is 884 g/mol. The molecular formula is C56H28N4O8. The number of benzene rings is 11. The molecule has 0 unspecified atom stereocenters. The summed E-state index contributed by atoms with van der Waals surface area (Å²) in [7, 11) is 0. The number of aromatic nitrogens is 2. The first-order valence-electron chi connectivity index (χ1n) is 21.6. The minimum atomic E-state index is -0.556. The number of anilines is 2. The molecule has 0 radical (unpaired) electrons.